The summed E-state index contributed by atoms with van der Waals surface area (Å²) in [6, 6.07) is 3.60. The van der Waals surface area contributed by atoms with Gasteiger partial charge in [0.1, 0.15) is 5.82 Å². The number of nitrogens with zero attached hydrogens (tertiary/aromatic N) is 1. The van der Waals surface area contributed by atoms with E-state index in [1.165, 1.54) is 13.5 Å². The summed E-state index contributed by atoms with van der Waals surface area (Å²) >= 11 is 0. The van der Waals surface area contributed by atoms with Crippen molar-refractivity contribution in [2.75, 3.05) is 32.2 Å². The van der Waals surface area contributed by atoms with Crippen molar-refractivity contribution < 1.29 is 14.3 Å². The van der Waals surface area contributed by atoms with Gasteiger partial charge < -0.3 is 14.8 Å². The SMILES string of the molecule is COC(=O)c1ccc(NCC(C)(C)CC2CCOCC2)nc1C. The number of pyridine rings is 1. The van der Waals surface area contributed by atoms with Crippen LogP contribution in [0.15, 0.2) is 12.1 Å². The first kappa shape index (κ1) is 17.7. The summed E-state index contributed by atoms with van der Waals surface area (Å²) in [7, 11) is 1.38. The van der Waals surface area contributed by atoms with Crippen LogP contribution >= 0.6 is 0 Å². The number of aromatic nitrogens is 1. The minimum absolute atomic E-state index is 0.193. The summed E-state index contributed by atoms with van der Waals surface area (Å²) in [5, 5.41) is 3.41. The third-order valence-electron chi connectivity index (χ3n) is 4.42. The Morgan fingerprint density at radius 1 is 1.39 bits per heavy atom. The van der Waals surface area contributed by atoms with Crippen molar-refractivity contribution in [1.82, 2.24) is 4.98 Å². The average molecular weight is 320 g/mol. The van der Waals surface area contributed by atoms with Crippen LogP contribution in [0.4, 0.5) is 5.82 Å². The second kappa shape index (κ2) is 7.77. The monoisotopic (exact) mass is 320 g/mol. The predicted molar refractivity (Wildman–Crippen MR) is 90.7 cm³/mol. The summed E-state index contributed by atoms with van der Waals surface area (Å²) in [6.07, 6.45) is 3.51. The minimum atomic E-state index is -0.346. The van der Waals surface area contributed by atoms with Crippen molar-refractivity contribution in [2.24, 2.45) is 11.3 Å². The van der Waals surface area contributed by atoms with E-state index in [2.05, 4.69) is 24.1 Å². The largest absolute Gasteiger partial charge is 0.465 e. The van der Waals surface area contributed by atoms with E-state index in [1.54, 1.807) is 6.07 Å². The van der Waals surface area contributed by atoms with Crippen LogP contribution in [-0.2, 0) is 9.47 Å². The zero-order chi connectivity index (χ0) is 16.9. The van der Waals surface area contributed by atoms with Gasteiger partial charge in [0.05, 0.1) is 18.4 Å². The maximum absolute atomic E-state index is 11.6. The van der Waals surface area contributed by atoms with Crippen LogP contribution in [0, 0.1) is 18.3 Å². The lowest BCUT2D eigenvalue weighted by Crippen LogP contribution is -2.29. The molecule has 0 amide bonds. The molecule has 0 aliphatic carbocycles. The van der Waals surface area contributed by atoms with Crippen molar-refractivity contribution in [3.8, 4) is 0 Å². The van der Waals surface area contributed by atoms with E-state index in [9.17, 15) is 4.79 Å². The fourth-order valence-electron chi connectivity index (χ4n) is 3.12. The molecule has 23 heavy (non-hydrogen) atoms. The number of ether oxygens (including phenoxy) is 2. The third-order valence-corrected chi connectivity index (χ3v) is 4.42. The highest BCUT2D eigenvalue weighted by molar-refractivity contribution is 5.90. The van der Waals surface area contributed by atoms with E-state index in [1.807, 2.05) is 13.0 Å². The topological polar surface area (TPSA) is 60.5 Å². The molecule has 0 atom stereocenters. The van der Waals surface area contributed by atoms with Gasteiger partial charge in [-0.25, -0.2) is 9.78 Å². The Morgan fingerprint density at radius 3 is 2.70 bits per heavy atom. The number of anilines is 1. The minimum Gasteiger partial charge on any atom is -0.465 e. The first-order chi connectivity index (χ1) is 10.9. The number of hydrogen-bond donors (Lipinski definition) is 1. The van der Waals surface area contributed by atoms with Crippen LogP contribution in [0.3, 0.4) is 0 Å². The second-order valence-corrected chi connectivity index (χ2v) is 7.10. The number of esters is 1. The lowest BCUT2D eigenvalue weighted by atomic mass is 9.80. The van der Waals surface area contributed by atoms with Crippen LogP contribution in [0.2, 0.25) is 0 Å². The fourth-order valence-corrected chi connectivity index (χ4v) is 3.12. The normalized spacial score (nSPS) is 16.2. The molecule has 128 valence electrons. The molecule has 1 N–H and O–H groups in total. The lowest BCUT2D eigenvalue weighted by molar-refractivity contribution is 0.0526. The molecule has 5 heteroatoms. The lowest BCUT2D eigenvalue weighted by Gasteiger charge is -2.32. The van der Waals surface area contributed by atoms with Gasteiger partial charge in [0.15, 0.2) is 0 Å². The summed E-state index contributed by atoms with van der Waals surface area (Å²) in [5.74, 6) is 1.20. The van der Waals surface area contributed by atoms with Crippen LogP contribution in [0.5, 0.6) is 0 Å². The molecule has 0 spiro atoms. The Morgan fingerprint density at radius 2 is 2.09 bits per heavy atom. The third kappa shape index (κ3) is 5.20. The molecular formula is C18H28N2O3. The maximum Gasteiger partial charge on any atom is 0.339 e. The van der Waals surface area contributed by atoms with Gasteiger partial charge in [-0.15, -0.1) is 0 Å². The van der Waals surface area contributed by atoms with Gasteiger partial charge in [0.25, 0.3) is 0 Å². The Labute approximate surface area is 138 Å². The number of carbonyl (C=O) groups is 1. The van der Waals surface area contributed by atoms with Crippen molar-refractivity contribution in [3.05, 3.63) is 23.4 Å². The van der Waals surface area contributed by atoms with Gasteiger partial charge in [0.2, 0.25) is 0 Å². The summed E-state index contributed by atoms with van der Waals surface area (Å²) in [5.41, 5.74) is 1.39. The molecule has 1 aliphatic rings. The van der Waals surface area contributed by atoms with Gasteiger partial charge >= 0.3 is 5.97 Å². The average Bonchev–Trinajstić information content (AvgIpc) is 2.53. The molecule has 0 unspecified atom stereocenters. The Kier molecular flexibility index (Phi) is 5.99. The van der Waals surface area contributed by atoms with Crippen molar-refractivity contribution in [1.29, 1.82) is 0 Å². The summed E-state index contributed by atoms with van der Waals surface area (Å²) < 4.78 is 10.2. The highest BCUT2D eigenvalue weighted by Gasteiger charge is 2.25. The van der Waals surface area contributed by atoms with Crippen molar-refractivity contribution in [2.45, 2.75) is 40.0 Å². The molecule has 0 bridgehead atoms. The smallest absolute Gasteiger partial charge is 0.339 e. The zero-order valence-corrected chi connectivity index (χ0v) is 14.6. The number of nitrogens with one attached hydrogen (secondary N) is 1. The molecule has 0 saturated carbocycles. The zero-order valence-electron chi connectivity index (χ0n) is 14.6. The van der Waals surface area contributed by atoms with Gasteiger partial charge in [-0.05, 0) is 49.7 Å². The molecule has 1 aromatic rings. The van der Waals surface area contributed by atoms with Gasteiger partial charge in [-0.2, -0.15) is 0 Å². The van der Waals surface area contributed by atoms with Gasteiger partial charge in [-0.1, -0.05) is 13.8 Å². The van der Waals surface area contributed by atoms with E-state index >= 15 is 0 Å². The molecule has 1 aliphatic heterocycles. The molecule has 0 radical (unpaired) electrons. The van der Waals surface area contributed by atoms with Gasteiger partial charge in [-0.3, -0.25) is 0 Å². The number of hydrogen-bond acceptors (Lipinski definition) is 5. The Hall–Kier alpha value is -1.62. The molecule has 1 fully saturated rings. The molecule has 0 aromatic carbocycles. The highest BCUT2D eigenvalue weighted by atomic mass is 16.5. The van der Waals surface area contributed by atoms with E-state index in [4.69, 9.17) is 9.47 Å². The van der Waals surface area contributed by atoms with Gasteiger partial charge in [0, 0.05) is 19.8 Å². The van der Waals surface area contributed by atoms with Crippen LogP contribution in [0.25, 0.3) is 0 Å². The van der Waals surface area contributed by atoms with E-state index < -0.39 is 0 Å². The van der Waals surface area contributed by atoms with Crippen LogP contribution in [0.1, 0.15) is 49.2 Å². The Balaban J connectivity index is 1.91. The first-order valence-electron chi connectivity index (χ1n) is 8.29. The maximum atomic E-state index is 11.6. The Bertz CT molecular complexity index is 537. The number of carbonyl (C=O) groups excluding carboxylic acids is 1. The van der Waals surface area contributed by atoms with E-state index in [0.29, 0.717) is 11.3 Å². The first-order valence-corrected chi connectivity index (χ1v) is 8.29. The quantitative estimate of drug-likeness (QED) is 0.814. The summed E-state index contributed by atoms with van der Waals surface area (Å²) in [4.78, 5) is 16.1. The standard InChI is InChI=1S/C18H28N2O3/c1-13-15(17(21)22-4)5-6-16(20-13)19-12-18(2,3)11-14-7-9-23-10-8-14/h5-6,14H,7-12H2,1-4H3,(H,19,20). The predicted octanol–water partition coefficient (Wildman–Crippen LogP) is 3.43. The molecule has 2 heterocycles. The molecule has 5 nitrogen and oxygen atoms in total. The van der Waals surface area contributed by atoms with Crippen LogP contribution in [-0.4, -0.2) is 37.8 Å². The number of rotatable bonds is 6. The number of methoxy groups -OCH3 is 1. The van der Waals surface area contributed by atoms with Crippen LogP contribution < -0.4 is 5.32 Å². The second-order valence-electron chi connectivity index (χ2n) is 7.10. The van der Waals surface area contributed by atoms with Crippen molar-refractivity contribution in [3.63, 3.8) is 0 Å². The number of aryl methyl sites for hydroxylation is 1. The fraction of sp³-hybridized carbons (Fsp3) is 0.667. The molecule has 1 saturated heterocycles. The molecule has 1 aromatic heterocycles. The summed E-state index contributed by atoms with van der Waals surface area (Å²) in [6.45, 7) is 9.03. The van der Waals surface area contributed by atoms with E-state index in [0.717, 1.165) is 44.3 Å². The molecular weight excluding hydrogens is 292 g/mol. The highest BCUT2D eigenvalue weighted by Crippen LogP contribution is 2.31. The van der Waals surface area contributed by atoms with E-state index in [-0.39, 0.29) is 11.4 Å². The molecule has 2 rings (SSSR count). The van der Waals surface area contributed by atoms with Crippen molar-refractivity contribution >= 4 is 11.8 Å².